The minimum absolute atomic E-state index is 0.209. The Hall–Kier alpha value is -2.70. The number of carbonyl (C=O) groups is 2. The van der Waals surface area contributed by atoms with E-state index in [1.54, 1.807) is 0 Å². The zero-order valence-corrected chi connectivity index (χ0v) is 12.5. The SMILES string of the molecule is C/C(=C/C=N/Nc1ccc(F)cc1)C(=O)OC(C)(C)OC=O. The lowest BCUT2D eigenvalue weighted by atomic mass is 10.3. The van der Waals surface area contributed by atoms with Gasteiger partial charge in [0.25, 0.3) is 12.3 Å². The number of ether oxygens (including phenoxy) is 2. The molecule has 1 N–H and O–H groups in total. The van der Waals surface area contributed by atoms with Crippen molar-refractivity contribution < 1.29 is 23.5 Å². The summed E-state index contributed by atoms with van der Waals surface area (Å²) in [7, 11) is 0. The number of rotatable bonds is 7. The number of anilines is 1. The molecule has 6 nitrogen and oxygen atoms in total. The van der Waals surface area contributed by atoms with Gasteiger partial charge in [-0.15, -0.1) is 0 Å². The van der Waals surface area contributed by atoms with E-state index in [9.17, 15) is 14.0 Å². The van der Waals surface area contributed by atoms with Crippen molar-refractivity contribution in [2.75, 3.05) is 5.43 Å². The number of benzene rings is 1. The van der Waals surface area contributed by atoms with E-state index >= 15 is 0 Å². The normalized spacial score (nSPS) is 12.1. The first kappa shape index (κ1) is 17.4. The number of hydrogen-bond acceptors (Lipinski definition) is 6. The first-order valence-corrected chi connectivity index (χ1v) is 6.40. The predicted molar refractivity (Wildman–Crippen MR) is 79.6 cm³/mol. The number of hydrogen-bond donors (Lipinski definition) is 1. The highest BCUT2D eigenvalue weighted by Gasteiger charge is 2.24. The first-order chi connectivity index (χ1) is 10.3. The van der Waals surface area contributed by atoms with Gasteiger partial charge >= 0.3 is 5.97 Å². The van der Waals surface area contributed by atoms with Gasteiger partial charge in [-0.1, -0.05) is 0 Å². The Morgan fingerprint density at radius 2 is 1.95 bits per heavy atom. The standard InChI is InChI=1S/C15H17FN2O4/c1-11(14(20)22-15(2,3)21-10-19)8-9-17-18-13-6-4-12(16)5-7-13/h4-10,18H,1-3H3/b11-8-,17-9+. The van der Waals surface area contributed by atoms with E-state index < -0.39 is 11.8 Å². The quantitative estimate of drug-likeness (QED) is 0.209. The summed E-state index contributed by atoms with van der Waals surface area (Å²) in [6.45, 7) is 4.62. The molecule has 1 aromatic rings. The molecule has 0 heterocycles. The van der Waals surface area contributed by atoms with Crippen LogP contribution in [0.15, 0.2) is 41.0 Å². The van der Waals surface area contributed by atoms with Crippen LogP contribution in [0.1, 0.15) is 20.8 Å². The lowest BCUT2D eigenvalue weighted by Gasteiger charge is -2.22. The largest absolute Gasteiger partial charge is 0.425 e. The number of esters is 1. The van der Waals surface area contributed by atoms with E-state index in [-0.39, 0.29) is 17.9 Å². The minimum Gasteiger partial charge on any atom is -0.425 e. The molecule has 0 saturated heterocycles. The summed E-state index contributed by atoms with van der Waals surface area (Å²) in [5.41, 5.74) is 3.54. The van der Waals surface area contributed by atoms with Crippen molar-refractivity contribution in [3.8, 4) is 0 Å². The Labute approximate surface area is 127 Å². The molecule has 0 fully saturated rings. The van der Waals surface area contributed by atoms with Crippen LogP contribution in [-0.4, -0.2) is 24.4 Å². The molecule has 0 saturated carbocycles. The molecule has 0 spiro atoms. The van der Waals surface area contributed by atoms with Crippen LogP contribution < -0.4 is 5.43 Å². The third-order valence-corrected chi connectivity index (χ3v) is 2.43. The Balaban J connectivity index is 2.53. The van der Waals surface area contributed by atoms with E-state index in [1.807, 2.05) is 0 Å². The molecule has 22 heavy (non-hydrogen) atoms. The molecule has 0 unspecified atom stereocenters. The van der Waals surface area contributed by atoms with E-state index in [0.29, 0.717) is 5.69 Å². The number of nitrogens with zero attached hydrogens (tertiary/aromatic N) is 1. The molecule has 0 atom stereocenters. The highest BCUT2D eigenvalue weighted by molar-refractivity contribution is 5.93. The fourth-order valence-electron chi connectivity index (χ4n) is 1.30. The molecular formula is C15H17FN2O4. The van der Waals surface area contributed by atoms with E-state index in [2.05, 4.69) is 15.3 Å². The second-order valence-electron chi connectivity index (χ2n) is 4.75. The molecule has 118 valence electrons. The summed E-state index contributed by atoms with van der Waals surface area (Å²) in [4.78, 5) is 22.0. The lowest BCUT2D eigenvalue weighted by Crippen LogP contribution is -2.31. The van der Waals surface area contributed by atoms with Crippen molar-refractivity contribution in [1.82, 2.24) is 0 Å². The first-order valence-electron chi connectivity index (χ1n) is 6.40. The highest BCUT2D eigenvalue weighted by atomic mass is 19.1. The molecule has 0 radical (unpaired) electrons. The summed E-state index contributed by atoms with van der Waals surface area (Å²) in [6, 6.07) is 5.64. The molecule has 1 rings (SSSR count). The van der Waals surface area contributed by atoms with Crippen molar-refractivity contribution in [2.45, 2.75) is 26.6 Å². The van der Waals surface area contributed by atoms with Crippen molar-refractivity contribution in [1.29, 1.82) is 0 Å². The van der Waals surface area contributed by atoms with Crippen molar-refractivity contribution in [2.24, 2.45) is 5.10 Å². The molecule has 0 aliphatic rings. The molecular weight excluding hydrogens is 291 g/mol. The second-order valence-corrected chi connectivity index (χ2v) is 4.75. The molecule has 0 aliphatic carbocycles. The van der Waals surface area contributed by atoms with Crippen LogP contribution >= 0.6 is 0 Å². The smallest absolute Gasteiger partial charge is 0.337 e. The molecule has 0 amide bonds. The van der Waals surface area contributed by atoms with E-state index in [0.717, 1.165) is 0 Å². The van der Waals surface area contributed by atoms with Gasteiger partial charge in [0.1, 0.15) is 5.82 Å². The number of halogens is 1. The molecule has 1 aromatic carbocycles. The van der Waals surface area contributed by atoms with Gasteiger partial charge in [-0.25, -0.2) is 9.18 Å². The lowest BCUT2D eigenvalue weighted by molar-refractivity contribution is -0.204. The van der Waals surface area contributed by atoms with Crippen LogP contribution in [0.4, 0.5) is 10.1 Å². The van der Waals surface area contributed by atoms with E-state index in [1.165, 1.54) is 57.3 Å². The maximum Gasteiger partial charge on any atom is 0.337 e. The fourth-order valence-corrected chi connectivity index (χ4v) is 1.30. The van der Waals surface area contributed by atoms with Crippen molar-refractivity contribution in [3.63, 3.8) is 0 Å². The van der Waals surface area contributed by atoms with Gasteiger partial charge < -0.3 is 9.47 Å². The maximum atomic E-state index is 12.7. The summed E-state index contributed by atoms with van der Waals surface area (Å²) in [5.74, 6) is -2.31. The van der Waals surface area contributed by atoms with Gasteiger partial charge in [0.15, 0.2) is 0 Å². The van der Waals surface area contributed by atoms with Gasteiger partial charge in [-0.2, -0.15) is 5.10 Å². The van der Waals surface area contributed by atoms with Crippen LogP contribution in [0.2, 0.25) is 0 Å². The Morgan fingerprint density at radius 1 is 1.32 bits per heavy atom. The Morgan fingerprint density at radius 3 is 2.55 bits per heavy atom. The zero-order valence-electron chi connectivity index (χ0n) is 12.5. The van der Waals surface area contributed by atoms with E-state index in [4.69, 9.17) is 4.74 Å². The van der Waals surface area contributed by atoms with Crippen molar-refractivity contribution in [3.05, 3.63) is 41.7 Å². The van der Waals surface area contributed by atoms with Gasteiger partial charge in [0.2, 0.25) is 0 Å². The fraction of sp³-hybridized carbons (Fsp3) is 0.267. The second kappa shape index (κ2) is 7.92. The van der Waals surface area contributed by atoms with Gasteiger partial charge in [0.05, 0.1) is 5.69 Å². The number of carbonyl (C=O) groups excluding carboxylic acids is 2. The minimum atomic E-state index is -1.34. The molecule has 7 heteroatoms. The summed E-state index contributed by atoms with van der Waals surface area (Å²) >= 11 is 0. The molecule has 0 bridgehead atoms. The average molecular weight is 308 g/mol. The van der Waals surface area contributed by atoms with Crippen LogP contribution in [0.5, 0.6) is 0 Å². The van der Waals surface area contributed by atoms with Crippen LogP contribution in [-0.2, 0) is 19.1 Å². The topological polar surface area (TPSA) is 77.0 Å². The predicted octanol–water partition coefficient (Wildman–Crippen LogP) is 2.62. The Bertz CT molecular complexity index is 580. The summed E-state index contributed by atoms with van der Waals surface area (Å²) in [6.07, 6.45) is 2.78. The summed E-state index contributed by atoms with van der Waals surface area (Å²) in [5, 5.41) is 3.86. The van der Waals surface area contributed by atoms with Crippen LogP contribution in [0, 0.1) is 5.82 Å². The van der Waals surface area contributed by atoms with Crippen molar-refractivity contribution >= 4 is 24.3 Å². The third kappa shape index (κ3) is 6.17. The van der Waals surface area contributed by atoms with Gasteiger partial charge in [-0.3, -0.25) is 10.2 Å². The van der Waals surface area contributed by atoms with Crippen LogP contribution in [0.25, 0.3) is 0 Å². The molecule has 0 aliphatic heterocycles. The van der Waals surface area contributed by atoms with Gasteiger partial charge in [-0.05, 0) is 37.3 Å². The maximum absolute atomic E-state index is 12.7. The third-order valence-electron chi connectivity index (χ3n) is 2.43. The zero-order chi connectivity index (χ0) is 16.6. The number of allylic oxidation sites excluding steroid dienone is 1. The highest BCUT2D eigenvalue weighted by Crippen LogP contribution is 2.12. The number of nitrogens with one attached hydrogen (secondary N) is 1. The van der Waals surface area contributed by atoms with Crippen LogP contribution in [0.3, 0.4) is 0 Å². The number of hydrazone groups is 1. The van der Waals surface area contributed by atoms with Gasteiger partial charge in [0, 0.05) is 25.6 Å². The monoisotopic (exact) mass is 308 g/mol. The average Bonchev–Trinajstić information content (AvgIpc) is 2.44. The molecule has 0 aromatic heterocycles. The summed E-state index contributed by atoms with van der Waals surface area (Å²) < 4.78 is 22.3. The Kier molecular flexibility index (Phi) is 6.25.